The first-order valence-corrected chi connectivity index (χ1v) is 6.90. The SMILES string of the molecule is CN(CC(=O)Nc1ccc(F)c(C(F)(F)F)c1)C(=O)OC(C)(C)C. The van der Waals surface area contributed by atoms with E-state index in [2.05, 4.69) is 5.32 Å². The molecule has 0 bridgehead atoms. The first kappa shape index (κ1) is 19.7. The summed E-state index contributed by atoms with van der Waals surface area (Å²) in [7, 11) is 1.31. The molecule has 0 heterocycles. The Hall–Kier alpha value is -2.32. The van der Waals surface area contributed by atoms with Crippen LogP contribution in [0.2, 0.25) is 0 Å². The fourth-order valence-electron chi connectivity index (χ4n) is 1.64. The Morgan fingerprint density at radius 3 is 2.29 bits per heavy atom. The number of nitrogens with one attached hydrogen (secondary N) is 1. The second-order valence-corrected chi connectivity index (χ2v) is 6.08. The van der Waals surface area contributed by atoms with E-state index >= 15 is 0 Å². The van der Waals surface area contributed by atoms with Gasteiger partial charge in [-0.2, -0.15) is 13.2 Å². The highest BCUT2D eigenvalue weighted by atomic mass is 19.4. The maximum absolute atomic E-state index is 13.2. The number of anilines is 1. The third kappa shape index (κ3) is 6.05. The Bertz CT molecular complexity index is 624. The number of benzene rings is 1. The topological polar surface area (TPSA) is 58.6 Å². The van der Waals surface area contributed by atoms with Crippen molar-refractivity contribution in [3.8, 4) is 0 Å². The van der Waals surface area contributed by atoms with E-state index < -0.39 is 41.7 Å². The molecule has 0 fully saturated rings. The lowest BCUT2D eigenvalue weighted by atomic mass is 10.2. The molecule has 0 aliphatic heterocycles. The van der Waals surface area contributed by atoms with Crippen molar-refractivity contribution in [2.75, 3.05) is 18.9 Å². The maximum Gasteiger partial charge on any atom is 0.419 e. The number of ether oxygens (including phenoxy) is 1. The monoisotopic (exact) mass is 350 g/mol. The molecule has 5 nitrogen and oxygen atoms in total. The van der Waals surface area contributed by atoms with Crippen molar-refractivity contribution in [2.24, 2.45) is 0 Å². The van der Waals surface area contributed by atoms with Crippen LogP contribution >= 0.6 is 0 Å². The van der Waals surface area contributed by atoms with E-state index in [-0.39, 0.29) is 5.69 Å². The molecule has 2 amide bonds. The van der Waals surface area contributed by atoms with Gasteiger partial charge in [0.05, 0.1) is 5.56 Å². The molecule has 0 aliphatic rings. The zero-order valence-electron chi connectivity index (χ0n) is 13.6. The lowest BCUT2D eigenvalue weighted by molar-refractivity contribution is -0.140. The molecule has 1 rings (SSSR count). The largest absolute Gasteiger partial charge is 0.444 e. The van der Waals surface area contributed by atoms with E-state index in [1.54, 1.807) is 20.8 Å². The molecule has 9 heteroatoms. The molecular weight excluding hydrogens is 332 g/mol. The molecule has 0 aliphatic carbocycles. The van der Waals surface area contributed by atoms with Crippen molar-refractivity contribution >= 4 is 17.7 Å². The minimum atomic E-state index is -4.88. The van der Waals surface area contributed by atoms with Gasteiger partial charge in [-0.1, -0.05) is 0 Å². The van der Waals surface area contributed by atoms with Crippen LogP contribution in [0.5, 0.6) is 0 Å². The van der Waals surface area contributed by atoms with Gasteiger partial charge in [0.25, 0.3) is 0 Å². The average Bonchev–Trinajstić information content (AvgIpc) is 2.37. The van der Waals surface area contributed by atoms with E-state index in [0.717, 1.165) is 11.0 Å². The van der Waals surface area contributed by atoms with Crippen molar-refractivity contribution in [1.29, 1.82) is 0 Å². The normalized spacial score (nSPS) is 11.8. The highest BCUT2D eigenvalue weighted by molar-refractivity contribution is 5.93. The number of likely N-dealkylation sites (N-methyl/N-ethyl adjacent to an activating group) is 1. The van der Waals surface area contributed by atoms with Crippen molar-refractivity contribution in [2.45, 2.75) is 32.5 Å². The summed E-state index contributed by atoms with van der Waals surface area (Å²) in [6, 6.07) is 2.09. The minimum absolute atomic E-state index is 0.230. The summed E-state index contributed by atoms with van der Waals surface area (Å²) in [4.78, 5) is 24.5. The number of rotatable bonds is 3. The predicted molar refractivity (Wildman–Crippen MR) is 78.9 cm³/mol. The third-order valence-corrected chi connectivity index (χ3v) is 2.64. The summed E-state index contributed by atoms with van der Waals surface area (Å²) < 4.78 is 56.1. The van der Waals surface area contributed by atoms with Crippen molar-refractivity contribution < 1.29 is 31.9 Å². The first-order valence-electron chi connectivity index (χ1n) is 6.90. The van der Waals surface area contributed by atoms with E-state index in [0.29, 0.717) is 12.1 Å². The second-order valence-electron chi connectivity index (χ2n) is 6.08. The van der Waals surface area contributed by atoms with Gasteiger partial charge in [-0.25, -0.2) is 9.18 Å². The quantitative estimate of drug-likeness (QED) is 0.847. The van der Waals surface area contributed by atoms with Crippen LogP contribution in [-0.2, 0) is 15.7 Å². The van der Waals surface area contributed by atoms with Crippen LogP contribution < -0.4 is 5.32 Å². The van der Waals surface area contributed by atoms with Crippen LogP contribution in [0.4, 0.5) is 28.0 Å². The molecule has 0 saturated carbocycles. The van der Waals surface area contributed by atoms with E-state index in [1.807, 2.05) is 0 Å². The van der Waals surface area contributed by atoms with Gasteiger partial charge in [0.2, 0.25) is 5.91 Å². The number of nitrogens with zero attached hydrogens (tertiary/aromatic N) is 1. The van der Waals surface area contributed by atoms with Crippen LogP contribution in [0.15, 0.2) is 18.2 Å². The molecule has 134 valence electrons. The van der Waals surface area contributed by atoms with Gasteiger partial charge in [-0.3, -0.25) is 4.79 Å². The number of hydrogen-bond acceptors (Lipinski definition) is 3. The highest BCUT2D eigenvalue weighted by Crippen LogP contribution is 2.32. The van der Waals surface area contributed by atoms with Crippen LogP contribution in [0.1, 0.15) is 26.3 Å². The number of alkyl halides is 3. The van der Waals surface area contributed by atoms with Gasteiger partial charge in [0.1, 0.15) is 18.0 Å². The smallest absolute Gasteiger partial charge is 0.419 e. The Balaban J connectivity index is 2.74. The predicted octanol–water partition coefficient (Wildman–Crippen LogP) is 3.65. The first-order chi connectivity index (χ1) is 10.8. The number of carbonyl (C=O) groups is 2. The number of hydrogen-bond donors (Lipinski definition) is 1. The Morgan fingerprint density at radius 1 is 1.21 bits per heavy atom. The molecule has 0 radical (unpaired) electrons. The Labute approximate surface area is 136 Å². The van der Waals surface area contributed by atoms with Crippen molar-refractivity contribution in [1.82, 2.24) is 4.90 Å². The van der Waals surface area contributed by atoms with Gasteiger partial charge in [0, 0.05) is 12.7 Å². The van der Waals surface area contributed by atoms with Crippen LogP contribution in [0.3, 0.4) is 0 Å². The summed E-state index contributed by atoms with van der Waals surface area (Å²) in [5, 5.41) is 2.18. The third-order valence-electron chi connectivity index (χ3n) is 2.64. The van der Waals surface area contributed by atoms with Crippen LogP contribution in [-0.4, -0.2) is 36.1 Å². The van der Waals surface area contributed by atoms with Gasteiger partial charge in [0.15, 0.2) is 0 Å². The highest BCUT2D eigenvalue weighted by Gasteiger charge is 2.34. The molecular formula is C15H18F4N2O3. The molecule has 0 atom stereocenters. The number of halogens is 4. The fourth-order valence-corrected chi connectivity index (χ4v) is 1.64. The van der Waals surface area contributed by atoms with Crippen LogP contribution in [0.25, 0.3) is 0 Å². The lowest BCUT2D eigenvalue weighted by Crippen LogP contribution is -2.38. The van der Waals surface area contributed by atoms with E-state index in [1.165, 1.54) is 7.05 Å². The van der Waals surface area contributed by atoms with Crippen molar-refractivity contribution in [3.05, 3.63) is 29.6 Å². The zero-order valence-corrected chi connectivity index (χ0v) is 13.6. The molecule has 0 unspecified atom stereocenters. The molecule has 24 heavy (non-hydrogen) atoms. The van der Waals surface area contributed by atoms with Gasteiger partial charge < -0.3 is 15.0 Å². The molecule has 0 aromatic heterocycles. The lowest BCUT2D eigenvalue weighted by Gasteiger charge is -2.24. The summed E-state index contributed by atoms with van der Waals surface area (Å²) in [6.07, 6.45) is -5.63. The molecule has 1 N–H and O–H groups in total. The molecule has 0 saturated heterocycles. The summed E-state index contributed by atoms with van der Waals surface area (Å²) in [5.74, 6) is -2.19. The Morgan fingerprint density at radius 2 is 1.79 bits per heavy atom. The summed E-state index contributed by atoms with van der Waals surface area (Å²) in [5.41, 5.74) is -2.47. The Kier molecular flexibility index (Phi) is 5.80. The van der Waals surface area contributed by atoms with Crippen LogP contribution in [0, 0.1) is 5.82 Å². The molecule has 1 aromatic carbocycles. The zero-order chi connectivity index (χ0) is 18.7. The van der Waals surface area contributed by atoms with Gasteiger partial charge in [-0.05, 0) is 39.0 Å². The fraction of sp³-hybridized carbons (Fsp3) is 0.467. The standard InChI is InChI=1S/C15H18F4N2O3/c1-14(2,3)24-13(23)21(4)8-12(22)20-9-5-6-11(16)10(7-9)15(17,18)19/h5-7H,8H2,1-4H3,(H,20,22). The van der Waals surface area contributed by atoms with Gasteiger partial charge in [-0.15, -0.1) is 0 Å². The summed E-state index contributed by atoms with van der Waals surface area (Å²) in [6.45, 7) is 4.51. The summed E-state index contributed by atoms with van der Waals surface area (Å²) >= 11 is 0. The maximum atomic E-state index is 13.2. The number of amides is 2. The molecule has 1 aromatic rings. The van der Waals surface area contributed by atoms with E-state index in [4.69, 9.17) is 4.74 Å². The second kappa shape index (κ2) is 7.06. The van der Waals surface area contributed by atoms with Crippen molar-refractivity contribution in [3.63, 3.8) is 0 Å². The van der Waals surface area contributed by atoms with E-state index in [9.17, 15) is 27.2 Å². The van der Waals surface area contributed by atoms with Gasteiger partial charge >= 0.3 is 12.3 Å². The average molecular weight is 350 g/mol. The minimum Gasteiger partial charge on any atom is -0.444 e. The number of carbonyl (C=O) groups excluding carboxylic acids is 2. The molecule has 0 spiro atoms.